The van der Waals surface area contributed by atoms with Crippen LogP contribution < -0.4 is 37.2 Å². The number of nitrogens with one attached hydrogen (secondary N) is 7. The molecule has 7 N–H and O–H groups in total. The number of anilines is 4. The second kappa shape index (κ2) is 25.6. The fourth-order valence-electron chi connectivity index (χ4n) is 7.33. The highest BCUT2D eigenvalue weighted by Crippen LogP contribution is 2.19. The topological polar surface area (TPSA) is 199 Å². The van der Waals surface area contributed by atoms with Crippen molar-refractivity contribution in [3.63, 3.8) is 0 Å². The molecule has 4 aromatic heterocycles. The van der Waals surface area contributed by atoms with Gasteiger partial charge in [-0.2, -0.15) is 9.97 Å². The fourth-order valence-corrected chi connectivity index (χ4v) is 7.33. The highest BCUT2D eigenvalue weighted by Gasteiger charge is 2.24. The van der Waals surface area contributed by atoms with Crippen LogP contribution in [0.25, 0.3) is 0 Å². The van der Waals surface area contributed by atoms with E-state index in [1.807, 2.05) is 30.3 Å². The number of piperidine rings is 2. The molecule has 6 heterocycles. The molecule has 2 saturated heterocycles. The van der Waals surface area contributed by atoms with Crippen LogP contribution in [0.4, 0.5) is 23.5 Å². The van der Waals surface area contributed by atoms with Gasteiger partial charge in [0.05, 0.1) is 0 Å². The number of hydrogen-bond acceptors (Lipinski definition) is 14. The Balaban J connectivity index is 0.000000215. The maximum Gasteiger partial charge on any atom is 0.256 e. The summed E-state index contributed by atoms with van der Waals surface area (Å²) in [6.07, 6.45) is 17.7. The first-order chi connectivity index (χ1) is 31.0. The number of hydrogen-bond donors (Lipinski definition) is 7. The molecule has 2 amide bonds. The van der Waals surface area contributed by atoms with Crippen molar-refractivity contribution in [1.82, 2.24) is 50.8 Å². The van der Waals surface area contributed by atoms with E-state index >= 15 is 0 Å². The lowest BCUT2D eigenvalue weighted by Gasteiger charge is -2.32. The van der Waals surface area contributed by atoms with E-state index in [-0.39, 0.29) is 23.9 Å². The third kappa shape index (κ3) is 15.6. The highest BCUT2D eigenvalue weighted by molar-refractivity contribution is 5.99. The smallest absolute Gasteiger partial charge is 0.256 e. The van der Waals surface area contributed by atoms with Gasteiger partial charge in [-0.15, -0.1) is 0 Å². The third-order valence-electron chi connectivity index (χ3n) is 10.9. The average Bonchev–Trinajstić information content (AvgIpc) is 3.32. The van der Waals surface area contributed by atoms with Crippen LogP contribution in [-0.4, -0.2) is 111 Å². The van der Waals surface area contributed by atoms with Crippen LogP contribution in [0.1, 0.15) is 89.8 Å². The molecule has 0 aliphatic carbocycles. The van der Waals surface area contributed by atoms with Crippen LogP contribution in [0.3, 0.4) is 0 Å². The molecule has 63 heavy (non-hydrogen) atoms. The normalized spacial score (nSPS) is 14.4. The van der Waals surface area contributed by atoms with Gasteiger partial charge in [-0.05, 0) is 105 Å². The van der Waals surface area contributed by atoms with Gasteiger partial charge >= 0.3 is 0 Å². The Morgan fingerprint density at radius 1 is 0.603 bits per heavy atom. The number of carbonyl (C=O) groups excluding carboxylic acids is 2. The summed E-state index contributed by atoms with van der Waals surface area (Å²) in [7, 11) is 0. The number of rotatable bonds is 20. The second-order valence-electron chi connectivity index (χ2n) is 15.8. The Morgan fingerprint density at radius 3 is 1.56 bits per heavy atom. The van der Waals surface area contributed by atoms with E-state index in [2.05, 4.69) is 110 Å². The van der Waals surface area contributed by atoms with Gasteiger partial charge in [-0.3, -0.25) is 24.5 Å². The number of nitrogens with zero attached hydrogens (tertiary/aromatic N) is 7. The summed E-state index contributed by atoms with van der Waals surface area (Å²) < 4.78 is 0. The van der Waals surface area contributed by atoms with Crippen molar-refractivity contribution >= 4 is 35.3 Å². The molecular formula is C47H64N14O2. The van der Waals surface area contributed by atoms with Crippen molar-refractivity contribution in [3.8, 4) is 0 Å². The van der Waals surface area contributed by atoms with Gasteiger partial charge in [-0.1, -0.05) is 44.2 Å². The largest absolute Gasteiger partial charge is 0.369 e. The molecule has 334 valence electrons. The second-order valence-corrected chi connectivity index (χ2v) is 15.8. The Labute approximate surface area is 371 Å². The minimum Gasteiger partial charge on any atom is -0.369 e. The summed E-state index contributed by atoms with van der Waals surface area (Å²) in [6, 6.07) is 18.9. The molecule has 0 saturated carbocycles. The summed E-state index contributed by atoms with van der Waals surface area (Å²) >= 11 is 0. The molecule has 0 unspecified atom stereocenters. The van der Waals surface area contributed by atoms with Crippen molar-refractivity contribution in [2.45, 2.75) is 83.8 Å². The van der Waals surface area contributed by atoms with Gasteiger partial charge in [0.2, 0.25) is 11.9 Å². The summed E-state index contributed by atoms with van der Waals surface area (Å²) in [5, 5.41) is 22.7. The summed E-state index contributed by atoms with van der Waals surface area (Å²) in [5.41, 5.74) is 4.71. The lowest BCUT2D eigenvalue weighted by molar-refractivity contribution is 0.0906. The van der Waals surface area contributed by atoms with Gasteiger partial charge < -0.3 is 37.2 Å². The molecule has 16 heteroatoms. The Kier molecular flexibility index (Phi) is 18.8. The zero-order chi connectivity index (χ0) is 43.9. The van der Waals surface area contributed by atoms with Gasteiger partial charge in [0.1, 0.15) is 22.8 Å². The fraction of sp³-hybridized carbons (Fsp3) is 0.447. The average molecular weight is 857 g/mol. The van der Waals surface area contributed by atoms with Crippen molar-refractivity contribution in [2.24, 2.45) is 0 Å². The first-order valence-electron chi connectivity index (χ1n) is 22.5. The molecule has 2 fully saturated rings. The van der Waals surface area contributed by atoms with Crippen molar-refractivity contribution in [2.75, 3.05) is 73.6 Å². The monoisotopic (exact) mass is 857 g/mol. The summed E-state index contributed by atoms with van der Waals surface area (Å²) in [4.78, 5) is 54.2. The molecule has 0 spiro atoms. The Bertz CT molecular complexity index is 2100. The van der Waals surface area contributed by atoms with Crippen LogP contribution in [0.15, 0.2) is 91.8 Å². The van der Waals surface area contributed by atoms with E-state index < -0.39 is 0 Å². The van der Waals surface area contributed by atoms with E-state index in [4.69, 9.17) is 0 Å². The number of pyridine rings is 2. The van der Waals surface area contributed by atoms with Crippen LogP contribution in [-0.2, 0) is 19.4 Å². The number of aromatic nitrogens is 6. The van der Waals surface area contributed by atoms with E-state index in [0.717, 1.165) is 97.2 Å². The predicted octanol–water partition coefficient (Wildman–Crippen LogP) is 5.57. The zero-order valence-corrected chi connectivity index (χ0v) is 36.8. The molecule has 7 rings (SSSR count). The summed E-state index contributed by atoms with van der Waals surface area (Å²) in [5.74, 6) is 1.96. The van der Waals surface area contributed by atoms with Gasteiger partial charge in [0, 0.05) is 95.1 Å². The maximum absolute atomic E-state index is 13.1. The minimum absolute atomic E-state index is 0.117. The predicted molar refractivity (Wildman–Crippen MR) is 250 cm³/mol. The van der Waals surface area contributed by atoms with Crippen LogP contribution in [0.2, 0.25) is 0 Å². The van der Waals surface area contributed by atoms with Crippen LogP contribution in [0.5, 0.6) is 0 Å². The third-order valence-corrected chi connectivity index (χ3v) is 10.9. The quantitative estimate of drug-likeness (QED) is 0.0513. The lowest BCUT2D eigenvalue weighted by Crippen LogP contribution is -2.44. The molecule has 1 aromatic carbocycles. The Hall–Kier alpha value is -6.26. The highest BCUT2D eigenvalue weighted by atomic mass is 16.2. The van der Waals surface area contributed by atoms with Crippen molar-refractivity contribution in [3.05, 3.63) is 120 Å². The minimum atomic E-state index is -0.117. The molecule has 0 bridgehead atoms. The molecule has 0 atom stereocenters. The van der Waals surface area contributed by atoms with Gasteiger partial charge in [0.25, 0.3) is 11.8 Å². The van der Waals surface area contributed by atoms with Crippen LogP contribution in [0, 0.1) is 0 Å². The molecular weight excluding hydrogens is 793 g/mol. The lowest BCUT2D eigenvalue weighted by atomic mass is 10.0. The van der Waals surface area contributed by atoms with E-state index in [1.54, 1.807) is 37.2 Å². The Morgan fingerprint density at radius 2 is 1.08 bits per heavy atom. The van der Waals surface area contributed by atoms with Crippen LogP contribution >= 0.6 is 0 Å². The molecule has 2 aliphatic heterocycles. The first kappa shape index (κ1) is 46.2. The SMILES string of the molecule is CCCNc1nc(NCCc2ccncc2)ncc1C(=O)NC1CCN(Cc2ccccc2)CC1.CCCNc1nc(NCCc2ccncc2)ncc1C(=O)NC1CCNCC1. The van der Waals surface area contributed by atoms with E-state index in [0.29, 0.717) is 47.7 Å². The van der Waals surface area contributed by atoms with E-state index in [1.165, 1.54) is 16.7 Å². The molecule has 2 aliphatic rings. The van der Waals surface area contributed by atoms with Gasteiger partial charge in [0.15, 0.2) is 0 Å². The number of carbonyl (C=O) groups is 2. The molecule has 5 aromatic rings. The summed E-state index contributed by atoms with van der Waals surface area (Å²) in [6.45, 7) is 11.8. The number of benzene rings is 1. The number of likely N-dealkylation sites (tertiary alicyclic amines) is 1. The van der Waals surface area contributed by atoms with Gasteiger partial charge in [-0.25, -0.2) is 9.97 Å². The number of amides is 2. The molecule has 16 nitrogen and oxygen atoms in total. The van der Waals surface area contributed by atoms with Crippen molar-refractivity contribution < 1.29 is 9.59 Å². The first-order valence-corrected chi connectivity index (χ1v) is 22.5. The zero-order valence-electron chi connectivity index (χ0n) is 36.8. The maximum atomic E-state index is 13.1. The molecule has 0 radical (unpaired) electrons. The standard InChI is InChI=1S/C27H35N7O.C20H29N7O/c1-2-13-29-25-24(19-31-27(33-25)30-16-10-21-8-14-28-15-9-21)26(35)32-23-11-17-34(18-12-23)20-22-6-4-3-5-7-22;1-2-8-23-18-17(19(28)26-16-6-11-22-12-7-16)14-25-20(27-18)24-13-5-15-3-9-21-10-4-15/h3-9,14-15,19,23H,2,10-13,16-18,20H2,1H3,(H,32,35)(H2,29,30,31,33);3-4,9-10,14,16,22H,2,5-8,11-13H2,1H3,(H,26,28)(H2,23,24,25,27). The van der Waals surface area contributed by atoms with Crippen molar-refractivity contribution in [1.29, 1.82) is 0 Å². The van der Waals surface area contributed by atoms with E-state index in [9.17, 15) is 9.59 Å².